The molecule has 1 aromatic heterocycles. The number of nitrogens with one attached hydrogen (secondary N) is 3. The smallest absolute Gasteiger partial charge is 0.275 e. The monoisotopic (exact) mass is 457 g/mol. The number of hydrogen-bond acceptors (Lipinski definition) is 7. The van der Waals surface area contributed by atoms with E-state index in [9.17, 15) is 13.2 Å². The van der Waals surface area contributed by atoms with Crippen LogP contribution in [0.1, 0.15) is 10.5 Å². The molecule has 1 aliphatic rings. The molecule has 2 heterocycles. The first-order chi connectivity index (χ1) is 14.9. The zero-order valence-corrected chi connectivity index (χ0v) is 18.6. The Morgan fingerprint density at radius 1 is 1.13 bits per heavy atom. The van der Waals surface area contributed by atoms with Crippen molar-refractivity contribution >= 4 is 44.3 Å². The average Bonchev–Trinajstić information content (AvgIpc) is 3.24. The fraction of sp³-hybridized carbons (Fsp3) is 0.238. The number of rotatable bonds is 6. The molecule has 1 aliphatic heterocycles. The van der Waals surface area contributed by atoms with Gasteiger partial charge in [0.25, 0.3) is 5.91 Å². The maximum Gasteiger partial charge on any atom is 0.275 e. The number of anilines is 3. The van der Waals surface area contributed by atoms with Crippen LogP contribution in [0.2, 0.25) is 0 Å². The van der Waals surface area contributed by atoms with Crippen molar-refractivity contribution in [2.75, 3.05) is 47.4 Å². The van der Waals surface area contributed by atoms with E-state index in [2.05, 4.69) is 25.2 Å². The van der Waals surface area contributed by atoms with E-state index in [1.165, 1.54) is 11.3 Å². The minimum absolute atomic E-state index is 0.282. The molecular formula is C21H23N5O3S2. The van der Waals surface area contributed by atoms with E-state index < -0.39 is 10.0 Å². The number of carbonyl (C=O) groups is 1. The summed E-state index contributed by atoms with van der Waals surface area (Å²) in [5, 5.41) is 8.65. The molecule has 0 spiro atoms. The molecule has 162 valence electrons. The Labute approximate surface area is 185 Å². The van der Waals surface area contributed by atoms with Crippen molar-refractivity contribution in [2.45, 2.75) is 0 Å². The first-order valence-electron chi connectivity index (χ1n) is 9.79. The van der Waals surface area contributed by atoms with Crippen LogP contribution in [0.4, 0.5) is 17.1 Å². The summed E-state index contributed by atoms with van der Waals surface area (Å²) in [6.07, 6.45) is 1.10. The van der Waals surface area contributed by atoms with Crippen molar-refractivity contribution < 1.29 is 13.2 Å². The van der Waals surface area contributed by atoms with E-state index in [0.29, 0.717) is 16.4 Å². The minimum atomic E-state index is -3.37. The van der Waals surface area contributed by atoms with Gasteiger partial charge < -0.3 is 15.5 Å². The van der Waals surface area contributed by atoms with Crippen LogP contribution in [0.25, 0.3) is 10.6 Å². The van der Waals surface area contributed by atoms with Gasteiger partial charge in [0.05, 0.1) is 17.6 Å². The number of para-hydroxylation sites is 2. The van der Waals surface area contributed by atoms with Crippen LogP contribution >= 0.6 is 11.3 Å². The molecule has 0 saturated carbocycles. The fourth-order valence-electron chi connectivity index (χ4n) is 3.39. The van der Waals surface area contributed by atoms with Gasteiger partial charge in [0.1, 0.15) is 10.7 Å². The number of nitrogens with zero attached hydrogens (tertiary/aromatic N) is 2. The van der Waals surface area contributed by atoms with Crippen LogP contribution in [0.5, 0.6) is 0 Å². The first kappa shape index (κ1) is 21.3. The summed E-state index contributed by atoms with van der Waals surface area (Å²) in [5.41, 5.74) is 3.25. The summed E-state index contributed by atoms with van der Waals surface area (Å²) in [5.74, 6) is -0.282. The molecule has 1 amide bonds. The summed E-state index contributed by atoms with van der Waals surface area (Å²) < 4.78 is 25.4. The number of sulfonamides is 1. The maximum atomic E-state index is 12.9. The lowest BCUT2D eigenvalue weighted by molar-refractivity contribution is 0.102. The van der Waals surface area contributed by atoms with Crippen molar-refractivity contribution in [2.24, 2.45) is 0 Å². The molecule has 10 heteroatoms. The van der Waals surface area contributed by atoms with Gasteiger partial charge in [-0.25, -0.2) is 13.4 Å². The molecule has 0 unspecified atom stereocenters. The van der Waals surface area contributed by atoms with Crippen LogP contribution in [0.15, 0.2) is 53.9 Å². The Balaban J connectivity index is 1.52. The highest BCUT2D eigenvalue weighted by Crippen LogP contribution is 2.29. The lowest BCUT2D eigenvalue weighted by Gasteiger charge is -2.31. The van der Waals surface area contributed by atoms with Gasteiger partial charge in [-0.2, -0.15) is 0 Å². The number of amides is 1. The molecular weight excluding hydrogens is 434 g/mol. The van der Waals surface area contributed by atoms with Crippen LogP contribution in [0.3, 0.4) is 0 Å². The number of hydrogen-bond donors (Lipinski definition) is 3. The minimum Gasteiger partial charge on any atom is -0.367 e. The topological polar surface area (TPSA) is 103 Å². The molecule has 3 aromatic rings. The highest BCUT2D eigenvalue weighted by molar-refractivity contribution is 7.92. The molecule has 1 fully saturated rings. The number of benzene rings is 2. The standard InChI is InChI=1S/C21H23N5O3S2/c1-31(28,29)25-16-6-4-5-15(13-16)21-24-18(14-30-21)20(27)23-17-7-2-3-8-19(17)26-11-9-22-10-12-26/h2-8,13-14,22,25H,9-12H2,1H3,(H,23,27). The predicted molar refractivity (Wildman–Crippen MR) is 125 cm³/mol. The quantitative estimate of drug-likeness (QED) is 0.526. The van der Waals surface area contributed by atoms with Crippen LogP contribution < -0.4 is 20.3 Å². The summed E-state index contributed by atoms with van der Waals surface area (Å²) >= 11 is 1.33. The summed E-state index contributed by atoms with van der Waals surface area (Å²) in [7, 11) is -3.37. The first-order valence-corrected chi connectivity index (χ1v) is 12.6. The molecule has 31 heavy (non-hydrogen) atoms. The maximum absolute atomic E-state index is 12.9. The number of thiazole rings is 1. The van der Waals surface area contributed by atoms with Gasteiger partial charge in [0.15, 0.2) is 0 Å². The van der Waals surface area contributed by atoms with E-state index in [1.54, 1.807) is 23.6 Å². The van der Waals surface area contributed by atoms with Gasteiger partial charge in [0, 0.05) is 42.8 Å². The van der Waals surface area contributed by atoms with Crippen molar-refractivity contribution in [1.29, 1.82) is 0 Å². The van der Waals surface area contributed by atoms with E-state index in [-0.39, 0.29) is 5.91 Å². The van der Waals surface area contributed by atoms with Crippen molar-refractivity contribution in [3.63, 3.8) is 0 Å². The second kappa shape index (κ2) is 9.04. The van der Waals surface area contributed by atoms with Crippen molar-refractivity contribution in [1.82, 2.24) is 10.3 Å². The summed E-state index contributed by atoms with van der Waals surface area (Å²) in [4.78, 5) is 19.6. The third kappa shape index (κ3) is 5.40. The molecule has 8 nitrogen and oxygen atoms in total. The Morgan fingerprint density at radius 3 is 2.68 bits per heavy atom. The van der Waals surface area contributed by atoms with Gasteiger partial charge in [-0.3, -0.25) is 9.52 Å². The van der Waals surface area contributed by atoms with Crippen LogP contribution in [-0.4, -0.2) is 51.7 Å². The van der Waals surface area contributed by atoms with E-state index >= 15 is 0 Å². The zero-order valence-electron chi connectivity index (χ0n) is 17.0. The number of carbonyl (C=O) groups excluding carboxylic acids is 1. The van der Waals surface area contributed by atoms with E-state index in [1.807, 2.05) is 30.3 Å². The van der Waals surface area contributed by atoms with Crippen LogP contribution in [-0.2, 0) is 10.0 Å². The Kier molecular flexibility index (Phi) is 6.21. The SMILES string of the molecule is CS(=O)(=O)Nc1cccc(-c2nc(C(=O)Nc3ccccc3N3CCNCC3)cs2)c1. The molecule has 0 aliphatic carbocycles. The Bertz CT molecular complexity index is 1190. The second-order valence-corrected chi connectivity index (χ2v) is 9.81. The van der Waals surface area contributed by atoms with Gasteiger partial charge in [-0.1, -0.05) is 24.3 Å². The molecule has 1 saturated heterocycles. The normalized spacial score (nSPS) is 14.3. The third-order valence-corrected chi connectivity index (χ3v) is 6.26. The summed E-state index contributed by atoms with van der Waals surface area (Å²) in [6, 6.07) is 14.7. The van der Waals surface area contributed by atoms with Crippen LogP contribution in [0, 0.1) is 0 Å². The van der Waals surface area contributed by atoms with Gasteiger partial charge >= 0.3 is 0 Å². The van der Waals surface area contributed by atoms with Gasteiger partial charge in [-0.05, 0) is 24.3 Å². The van der Waals surface area contributed by atoms with E-state index in [0.717, 1.165) is 49.4 Å². The largest absolute Gasteiger partial charge is 0.367 e. The third-order valence-electron chi connectivity index (χ3n) is 4.76. The molecule has 0 atom stereocenters. The molecule has 0 bridgehead atoms. The highest BCUT2D eigenvalue weighted by Gasteiger charge is 2.18. The second-order valence-electron chi connectivity index (χ2n) is 7.20. The lowest BCUT2D eigenvalue weighted by Crippen LogP contribution is -2.43. The number of piperazine rings is 1. The zero-order chi connectivity index (χ0) is 21.8. The van der Waals surface area contributed by atoms with Gasteiger partial charge in [-0.15, -0.1) is 11.3 Å². The van der Waals surface area contributed by atoms with Gasteiger partial charge in [0.2, 0.25) is 10.0 Å². The highest BCUT2D eigenvalue weighted by atomic mass is 32.2. The summed E-state index contributed by atoms with van der Waals surface area (Å²) in [6.45, 7) is 3.58. The van der Waals surface area contributed by atoms with Crippen molar-refractivity contribution in [3.05, 3.63) is 59.6 Å². The predicted octanol–water partition coefficient (Wildman–Crippen LogP) is 2.84. The van der Waals surface area contributed by atoms with Crippen molar-refractivity contribution in [3.8, 4) is 10.6 Å². The number of aromatic nitrogens is 1. The fourth-order valence-corrected chi connectivity index (χ4v) is 4.74. The van der Waals surface area contributed by atoms with E-state index in [4.69, 9.17) is 0 Å². The Hall–Kier alpha value is -2.95. The average molecular weight is 458 g/mol. The molecule has 3 N–H and O–H groups in total. The molecule has 2 aromatic carbocycles. The lowest BCUT2D eigenvalue weighted by atomic mass is 10.2. The Morgan fingerprint density at radius 2 is 1.90 bits per heavy atom. The molecule has 0 radical (unpaired) electrons. The molecule has 4 rings (SSSR count).